The number of halogens is 1. The third-order valence-electron chi connectivity index (χ3n) is 3.59. The molecule has 2 aromatic carbocycles. The minimum Gasteiger partial charge on any atom is -0.462 e. The molecule has 0 unspecified atom stereocenters. The maximum Gasteiger partial charge on any atom is 0.338 e. The van der Waals surface area contributed by atoms with Crippen molar-refractivity contribution in [2.75, 3.05) is 6.61 Å². The second kappa shape index (κ2) is 8.19. The number of rotatable bonds is 6. The van der Waals surface area contributed by atoms with Crippen molar-refractivity contribution < 1.29 is 23.6 Å². The van der Waals surface area contributed by atoms with Gasteiger partial charge in [0.25, 0.3) is 11.6 Å². The molecule has 0 spiro atoms. The molecule has 26 heavy (non-hydrogen) atoms. The molecule has 0 aliphatic rings. The number of non-ortho nitro benzene ring substituents is 1. The van der Waals surface area contributed by atoms with Crippen LogP contribution in [0.25, 0.3) is 0 Å². The number of amides is 1. The Bertz CT molecular complexity index is 867. The lowest BCUT2D eigenvalue weighted by Crippen LogP contribution is -2.23. The average Bonchev–Trinajstić information content (AvgIpc) is 2.62. The van der Waals surface area contributed by atoms with Crippen molar-refractivity contribution in [2.45, 2.75) is 20.4 Å². The van der Waals surface area contributed by atoms with Gasteiger partial charge in [0.1, 0.15) is 5.82 Å². The molecule has 0 atom stereocenters. The number of esters is 1. The number of nitro groups is 1. The summed E-state index contributed by atoms with van der Waals surface area (Å²) in [5.41, 5.74) is 0.472. The van der Waals surface area contributed by atoms with E-state index in [4.69, 9.17) is 4.74 Å². The van der Waals surface area contributed by atoms with Crippen LogP contribution in [0.1, 0.15) is 38.8 Å². The van der Waals surface area contributed by atoms with Crippen molar-refractivity contribution in [1.29, 1.82) is 0 Å². The monoisotopic (exact) mass is 360 g/mol. The normalized spacial score (nSPS) is 10.3. The highest BCUT2D eigenvalue weighted by Gasteiger charge is 2.18. The number of benzene rings is 2. The fraction of sp³-hybridized carbons (Fsp3) is 0.222. The molecule has 1 amide bonds. The highest BCUT2D eigenvalue weighted by Crippen LogP contribution is 2.18. The van der Waals surface area contributed by atoms with E-state index in [9.17, 15) is 24.1 Å². The lowest BCUT2D eigenvalue weighted by atomic mass is 10.1. The van der Waals surface area contributed by atoms with Crippen molar-refractivity contribution in [3.05, 3.63) is 74.6 Å². The van der Waals surface area contributed by atoms with Crippen molar-refractivity contribution in [1.82, 2.24) is 5.32 Å². The Morgan fingerprint density at radius 3 is 2.50 bits per heavy atom. The number of nitrogens with zero attached hydrogens (tertiary/aromatic N) is 1. The van der Waals surface area contributed by atoms with Crippen molar-refractivity contribution >= 4 is 17.6 Å². The van der Waals surface area contributed by atoms with Gasteiger partial charge in [-0.3, -0.25) is 14.9 Å². The second-order valence-corrected chi connectivity index (χ2v) is 5.51. The van der Waals surface area contributed by atoms with Crippen LogP contribution in [0.5, 0.6) is 0 Å². The van der Waals surface area contributed by atoms with E-state index in [1.54, 1.807) is 26.0 Å². The van der Waals surface area contributed by atoms with E-state index in [0.29, 0.717) is 11.1 Å². The number of aryl methyl sites for hydroxylation is 1. The molecule has 0 saturated carbocycles. The number of ether oxygens (including phenoxy) is 1. The molecule has 0 radical (unpaired) electrons. The Labute approximate surface area is 148 Å². The molecule has 2 aromatic rings. The number of carbonyl (C=O) groups is 2. The van der Waals surface area contributed by atoms with Gasteiger partial charge in [0.05, 0.1) is 17.1 Å². The fourth-order valence-corrected chi connectivity index (χ4v) is 2.21. The van der Waals surface area contributed by atoms with Gasteiger partial charge in [-0.1, -0.05) is 12.1 Å². The summed E-state index contributed by atoms with van der Waals surface area (Å²) >= 11 is 0. The first-order valence-electron chi connectivity index (χ1n) is 7.81. The molecule has 0 bridgehead atoms. The molecule has 1 N–H and O–H groups in total. The molecule has 7 nitrogen and oxygen atoms in total. The maximum atomic E-state index is 13.5. The Kier molecular flexibility index (Phi) is 6.00. The Morgan fingerprint density at radius 2 is 1.88 bits per heavy atom. The van der Waals surface area contributed by atoms with Gasteiger partial charge >= 0.3 is 5.97 Å². The Balaban J connectivity index is 2.22. The standard InChI is InChI=1S/C18H17FN2O5/c1-3-26-18(23)14-7-13(8-15(9-14)21(24)25)17(22)20-10-12-5-4-11(2)16(19)6-12/h4-9H,3,10H2,1-2H3,(H,20,22). The topological polar surface area (TPSA) is 98.5 Å². The molecular weight excluding hydrogens is 343 g/mol. The number of hydrogen-bond acceptors (Lipinski definition) is 5. The van der Waals surface area contributed by atoms with Gasteiger partial charge < -0.3 is 10.1 Å². The van der Waals surface area contributed by atoms with E-state index < -0.39 is 28.3 Å². The van der Waals surface area contributed by atoms with Gasteiger partial charge in [-0.15, -0.1) is 0 Å². The number of nitro benzene ring substituents is 1. The van der Waals surface area contributed by atoms with Crippen molar-refractivity contribution in [3.63, 3.8) is 0 Å². The molecular formula is C18H17FN2O5. The SMILES string of the molecule is CCOC(=O)c1cc(C(=O)NCc2ccc(C)c(F)c2)cc([N+](=O)[O-])c1. The summed E-state index contributed by atoms with van der Waals surface area (Å²) in [6.07, 6.45) is 0. The van der Waals surface area contributed by atoms with E-state index in [1.165, 1.54) is 12.1 Å². The van der Waals surface area contributed by atoms with Crippen LogP contribution in [0.15, 0.2) is 36.4 Å². The summed E-state index contributed by atoms with van der Waals surface area (Å²) in [6.45, 7) is 3.36. The molecule has 0 fully saturated rings. The predicted octanol–water partition coefficient (Wildman–Crippen LogP) is 3.15. The summed E-state index contributed by atoms with van der Waals surface area (Å²) in [5.74, 6) is -1.78. The second-order valence-electron chi connectivity index (χ2n) is 5.51. The molecule has 8 heteroatoms. The zero-order chi connectivity index (χ0) is 19.3. The average molecular weight is 360 g/mol. The molecule has 2 rings (SSSR count). The van der Waals surface area contributed by atoms with Gasteiger partial charge in [-0.05, 0) is 37.1 Å². The zero-order valence-electron chi connectivity index (χ0n) is 14.2. The van der Waals surface area contributed by atoms with Crippen LogP contribution in [0.3, 0.4) is 0 Å². The van der Waals surface area contributed by atoms with Crippen molar-refractivity contribution in [3.8, 4) is 0 Å². The molecule has 0 heterocycles. The van der Waals surface area contributed by atoms with Crippen LogP contribution in [-0.4, -0.2) is 23.4 Å². The smallest absolute Gasteiger partial charge is 0.338 e. The van der Waals surface area contributed by atoms with Crippen LogP contribution < -0.4 is 5.32 Å². The number of nitrogens with one attached hydrogen (secondary N) is 1. The largest absolute Gasteiger partial charge is 0.462 e. The molecule has 0 aliphatic heterocycles. The van der Waals surface area contributed by atoms with Gasteiger partial charge in [0, 0.05) is 24.2 Å². The van der Waals surface area contributed by atoms with Crippen molar-refractivity contribution in [2.24, 2.45) is 0 Å². The van der Waals surface area contributed by atoms with E-state index in [2.05, 4.69) is 5.32 Å². The van der Waals surface area contributed by atoms with Gasteiger partial charge in [-0.25, -0.2) is 9.18 Å². The van der Waals surface area contributed by atoms with Gasteiger partial charge in [-0.2, -0.15) is 0 Å². The molecule has 0 aromatic heterocycles. The predicted molar refractivity (Wildman–Crippen MR) is 91.4 cm³/mol. The van der Waals surface area contributed by atoms with Crippen LogP contribution in [0.4, 0.5) is 10.1 Å². The highest BCUT2D eigenvalue weighted by molar-refractivity contribution is 5.99. The third kappa shape index (κ3) is 4.62. The van der Waals surface area contributed by atoms with Crippen LogP contribution >= 0.6 is 0 Å². The Hall–Kier alpha value is -3.29. The van der Waals surface area contributed by atoms with E-state index in [1.807, 2.05) is 0 Å². The van der Waals surface area contributed by atoms with Gasteiger partial charge in [0.2, 0.25) is 0 Å². The zero-order valence-corrected chi connectivity index (χ0v) is 14.2. The van der Waals surface area contributed by atoms with Gasteiger partial charge in [0.15, 0.2) is 0 Å². The maximum absolute atomic E-state index is 13.5. The lowest BCUT2D eigenvalue weighted by Gasteiger charge is -2.08. The molecule has 0 saturated heterocycles. The first kappa shape index (κ1) is 19.0. The first-order valence-corrected chi connectivity index (χ1v) is 7.81. The third-order valence-corrected chi connectivity index (χ3v) is 3.59. The van der Waals surface area contributed by atoms with E-state index in [0.717, 1.165) is 12.1 Å². The minimum absolute atomic E-state index is 0.0352. The summed E-state index contributed by atoms with van der Waals surface area (Å²) < 4.78 is 18.4. The number of hydrogen-bond donors (Lipinski definition) is 1. The van der Waals surface area contributed by atoms with E-state index >= 15 is 0 Å². The van der Waals surface area contributed by atoms with Crippen LogP contribution in [0.2, 0.25) is 0 Å². The first-order chi connectivity index (χ1) is 12.3. The minimum atomic E-state index is -0.758. The summed E-state index contributed by atoms with van der Waals surface area (Å²) in [4.78, 5) is 34.5. The lowest BCUT2D eigenvalue weighted by molar-refractivity contribution is -0.384. The molecule has 136 valence electrons. The Morgan fingerprint density at radius 1 is 1.19 bits per heavy atom. The fourth-order valence-electron chi connectivity index (χ4n) is 2.21. The van der Waals surface area contributed by atoms with E-state index in [-0.39, 0.29) is 24.3 Å². The summed E-state index contributed by atoms with van der Waals surface area (Å²) in [7, 11) is 0. The quantitative estimate of drug-likeness (QED) is 0.485. The summed E-state index contributed by atoms with van der Waals surface area (Å²) in [5, 5.41) is 13.6. The van der Waals surface area contributed by atoms with Crippen LogP contribution in [0, 0.1) is 22.9 Å². The summed E-state index contributed by atoms with van der Waals surface area (Å²) in [6, 6.07) is 7.88. The highest BCUT2D eigenvalue weighted by atomic mass is 19.1. The number of carbonyl (C=O) groups excluding carboxylic acids is 2. The van der Waals surface area contributed by atoms with Crippen LogP contribution in [-0.2, 0) is 11.3 Å². The molecule has 0 aliphatic carbocycles.